The molecular formula is C10H22N4. The number of rotatable bonds is 4. The van der Waals surface area contributed by atoms with Crippen molar-refractivity contribution in [3.05, 3.63) is 0 Å². The number of nitrogens with two attached hydrogens (primary N) is 1. The lowest BCUT2D eigenvalue weighted by Crippen LogP contribution is -2.52. The minimum Gasteiger partial charge on any atom is -0.350 e. The Labute approximate surface area is 86.3 Å². The SMILES string of the molecule is CCC(C)(CC)NC(=NC1CC1)NN. The van der Waals surface area contributed by atoms with Crippen LogP contribution < -0.4 is 16.6 Å². The summed E-state index contributed by atoms with van der Waals surface area (Å²) < 4.78 is 0. The van der Waals surface area contributed by atoms with Crippen molar-refractivity contribution < 1.29 is 0 Å². The number of aliphatic imine (C=N–C) groups is 1. The number of nitrogens with zero attached hydrogens (tertiary/aromatic N) is 1. The Bertz CT molecular complexity index is 204. The monoisotopic (exact) mass is 198 g/mol. The number of hydrogen-bond donors (Lipinski definition) is 3. The third kappa shape index (κ3) is 3.18. The van der Waals surface area contributed by atoms with Gasteiger partial charge in [-0.3, -0.25) is 5.43 Å². The lowest BCUT2D eigenvalue weighted by atomic mass is 9.96. The van der Waals surface area contributed by atoms with Crippen LogP contribution in [0.2, 0.25) is 0 Å². The van der Waals surface area contributed by atoms with Crippen molar-refractivity contribution in [2.75, 3.05) is 0 Å². The molecule has 1 aliphatic carbocycles. The van der Waals surface area contributed by atoms with Gasteiger partial charge in [-0.05, 0) is 32.6 Å². The minimum absolute atomic E-state index is 0.0973. The number of nitrogens with one attached hydrogen (secondary N) is 2. The van der Waals surface area contributed by atoms with E-state index >= 15 is 0 Å². The lowest BCUT2D eigenvalue weighted by molar-refractivity contribution is 0.384. The van der Waals surface area contributed by atoms with Gasteiger partial charge in [-0.2, -0.15) is 0 Å². The first-order valence-electron chi connectivity index (χ1n) is 5.46. The van der Waals surface area contributed by atoms with E-state index < -0.39 is 0 Å². The predicted octanol–water partition coefficient (Wildman–Crippen LogP) is 1.14. The van der Waals surface area contributed by atoms with E-state index in [0.717, 1.165) is 18.8 Å². The highest BCUT2D eigenvalue weighted by Gasteiger charge is 2.24. The maximum atomic E-state index is 5.42. The van der Waals surface area contributed by atoms with Crippen LogP contribution >= 0.6 is 0 Å². The van der Waals surface area contributed by atoms with E-state index in [9.17, 15) is 0 Å². The Morgan fingerprint density at radius 1 is 1.43 bits per heavy atom. The fourth-order valence-electron chi connectivity index (χ4n) is 1.20. The first-order chi connectivity index (χ1) is 6.63. The van der Waals surface area contributed by atoms with E-state index in [1.165, 1.54) is 12.8 Å². The second-order valence-corrected chi connectivity index (χ2v) is 4.25. The second-order valence-electron chi connectivity index (χ2n) is 4.25. The molecule has 0 amide bonds. The van der Waals surface area contributed by atoms with Gasteiger partial charge in [0, 0.05) is 5.54 Å². The van der Waals surface area contributed by atoms with Crippen LogP contribution in [0.5, 0.6) is 0 Å². The zero-order valence-electron chi connectivity index (χ0n) is 9.43. The van der Waals surface area contributed by atoms with E-state index in [1.807, 2.05) is 0 Å². The molecule has 0 aromatic carbocycles. The molecule has 1 fully saturated rings. The maximum Gasteiger partial charge on any atom is 0.206 e. The van der Waals surface area contributed by atoms with Crippen molar-refractivity contribution >= 4 is 5.96 Å². The molecule has 0 aromatic rings. The highest BCUT2D eigenvalue weighted by atomic mass is 15.3. The molecule has 0 atom stereocenters. The van der Waals surface area contributed by atoms with Crippen molar-refractivity contribution in [3.63, 3.8) is 0 Å². The van der Waals surface area contributed by atoms with Crippen LogP contribution in [0.25, 0.3) is 0 Å². The van der Waals surface area contributed by atoms with Crippen molar-refractivity contribution in [2.45, 2.75) is 58.0 Å². The number of guanidine groups is 1. The van der Waals surface area contributed by atoms with Crippen LogP contribution in [-0.2, 0) is 0 Å². The molecule has 0 aliphatic heterocycles. The van der Waals surface area contributed by atoms with Gasteiger partial charge in [0.2, 0.25) is 5.96 Å². The van der Waals surface area contributed by atoms with Gasteiger partial charge in [-0.15, -0.1) is 0 Å². The molecule has 82 valence electrons. The van der Waals surface area contributed by atoms with Crippen LogP contribution in [0.4, 0.5) is 0 Å². The normalized spacial score (nSPS) is 18.1. The highest BCUT2D eigenvalue weighted by Crippen LogP contribution is 2.23. The lowest BCUT2D eigenvalue weighted by Gasteiger charge is -2.29. The van der Waals surface area contributed by atoms with Crippen LogP contribution in [0.15, 0.2) is 4.99 Å². The first kappa shape index (κ1) is 11.3. The van der Waals surface area contributed by atoms with Crippen LogP contribution in [0, 0.1) is 0 Å². The Balaban J connectivity index is 2.53. The number of hydrazine groups is 1. The predicted molar refractivity (Wildman–Crippen MR) is 59.9 cm³/mol. The smallest absolute Gasteiger partial charge is 0.206 e. The summed E-state index contributed by atoms with van der Waals surface area (Å²) in [6, 6.07) is 0.492. The molecule has 0 saturated heterocycles. The zero-order chi connectivity index (χ0) is 10.6. The average Bonchev–Trinajstić information content (AvgIpc) is 3.00. The summed E-state index contributed by atoms with van der Waals surface area (Å²) in [6.45, 7) is 6.52. The van der Waals surface area contributed by atoms with Crippen molar-refractivity contribution in [3.8, 4) is 0 Å². The quantitative estimate of drug-likeness (QED) is 0.275. The Morgan fingerprint density at radius 3 is 2.36 bits per heavy atom. The summed E-state index contributed by atoms with van der Waals surface area (Å²) in [5.41, 5.74) is 2.73. The summed E-state index contributed by atoms with van der Waals surface area (Å²) >= 11 is 0. The Kier molecular flexibility index (Phi) is 3.75. The number of hydrogen-bond acceptors (Lipinski definition) is 2. The van der Waals surface area contributed by atoms with Crippen LogP contribution in [-0.4, -0.2) is 17.5 Å². The van der Waals surface area contributed by atoms with E-state index in [-0.39, 0.29) is 5.54 Å². The molecular weight excluding hydrogens is 176 g/mol. The van der Waals surface area contributed by atoms with E-state index in [2.05, 4.69) is 36.5 Å². The molecule has 4 nitrogen and oxygen atoms in total. The highest BCUT2D eigenvalue weighted by molar-refractivity contribution is 5.80. The Morgan fingerprint density at radius 2 is 2.00 bits per heavy atom. The summed E-state index contributed by atoms with van der Waals surface area (Å²) in [7, 11) is 0. The summed E-state index contributed by atoms with van der Waals surface area (Å²) in [5, 5.41) is 3.36. The molecule has 0 bridgehead atoms. The molecule has 14 heavy (non-hydrogen) atoms. The molecule has 1 rings (SSSR count). The molecule has 0 heterocycles. The second kappa shape index (κ2) is 4.64. The molecule has 1 saturated carbocycles. The summed E-state index contributed by atoms with van der Waals surface area (Å²) in [5.74, 6) is 6.16. The molecule has 0 aromatic heterocycles. The molecule has 4 heteroatoms. The third-order valence-electron chi connectivity index (χ3n) is 2.98. The molecule has 0 radical (unpaired) electrons. The molecule has 0 unspecified atom stereocenters. The standard InChI is InChI=1S/C10H22N4/c1-4-10(3,5-2)13-9(14-11)12-8-6-7-8/h8H,4-7,11H2,1-3H3,(H2,12,13,14). The topological polar surface area (TPSA) is 62.4 Å². The van der Waals surface area contributed by atoms with E-state index in [1.54, 1.807) is 0 Å². The van der Waals surface area contributed by atoms with Gasteiger partial charge < -0.3 is 5.32 Å². The van der Waals surface area contributed by atoms with E-state index in [4.69, 9.17) is 5.84 Å². The summed E-state index contributed by atoms with van der Waals surface area (Å²) in [4.78, 5) is 4.46. The van der Waals surface area contributed by atoms with E-state index in [0.29, 0.717) is 6.04 Å². The first-order valence-corrected chi connectivity index (χ1v) is 5.46. The van der Waals surface area contributed by atoms with Crippen LogP contribution in [0.1, 0.15) is 46.5 Å². The zero-order valence-corrected chi connectivity index (χ0v) is 9.43. The molecule has 0 spiro atoms. The van der Waals surface area contributed by atoms with Gasteiger partial charge in [-0.1, -0.05) is 13.8 Å². The van der Waals surface area contributed by atoms with Gasteiger partial charge in [0.15, 0.2) is 0 Å². The fourth-order valence-corrected chi connectivity index (χ4v) is 1.20. The fraction of sp³-hybridized carbons (Fsp3) is 0.900. The largest absolute Gasteiger partial charge is 0.350 e. The van der Waals surface area contributed by atoms with Crippen molar-refractivity contribution in [2.24, 2.45) is 10.8 Å². The minimum atomic E-state index is 0.0973. The maximum absolute atomic E-state index is 5.42. The van der Waals surface area contributed by atoms with Gasteiger partial charge >= 0.3 is 0 Å². The summed E-state index contributed by atoms with van der Waals surface area (Å²) in [6.07, 6.45) is 4.52. The molecule has 1 aliphatic rings. The van der Waals surface area contributed by atoms with Gasteiger partial charge in [0.05, 0.1) is 6.04 Å². The molecule has 4 N–H and O–H groups in total. The third-order valence-corrected chi connectivity index (χ3v) is 2.98. The van der Waals surface area contributed by atoms with Crippen molar-refractivity contribution in [1.29, 1.82) is 0 Å². The Hall–Kier alpha value is -0.770. The van der Waals surface area contributed by atoms with Gasteiger partial charge in [0.1, 0.15) is 0 Å². The van der Waals surface area contributed by atoms with Crippen molar-refractivity contribution in [1.82, 2.24) is 10.7 Å². The van der Waals surface area contributed by atoms with Gasteiger partial charge in [-0.25, -0.2) is 10.8 Å². The average molecular weight is 198 g/mol. The van der Waals surface area contributed by atoms with Gasteiger partial charge in [0.25, 0.3) is 0 Å². The van der Waals surface area contributed by atoms with Crippen LogP contribution in [0.3, 0.4) is 0 Å².